The highest BCUT2D eigenvalue weighted by Gasteiger charge is 2.11. The first kappa shape index (κ1) is 21.7. The molecule has 1 saturated heterocycles. The Kier molecular flexibility index (Phi) is 8.57. The number of guanidine groups is 1. The average molecular weight is 478 g/mol. The number of nitrogens with zero attached hydrogens (tertiary/aromatic N) is 2. The molecule has 3 N–H and O–H groups in total. The topological polar surface area (TPSA) is 53.6 Å². The lowest BCUT2D eigenvalue weighted by Crippen LogP contribution is -2.22. The van der Waals surface area contributed by atoms with Gasteiger partial charge in [-0.1, -0.05) is 50.2 Å². The zero-order valence-electron chi connectivity index (χ0n) is 16.3. The molecule has 2 aromatic carbocycles. The predicted octanol–water partition coefficient (Wildman–Crippen LogP) is 4.95. The van der Waals surface area contributed by atoms with Crippen molar-refractivity contribution in [2.75, 3.05) is 18.4 Å². The van der Waals surface area contributed by atoms with Crippen molar-refractivity contribution in [3.63, 3.8) is 0 Å². The van der Waals surface area contributed by atoms with E-state index in [2.05, 4.69) is 65.5 Å². The van der Waals surface area contributed by atoms with Gasteiger partial charge in [0.15, 0.2) is 5.96 Å². The first-order chi connectivity index (χ1) is 12.6. The molecule has 2 aromatic rings. The van der Waals surface area contributed by atoms with Gasteiger partial charge in [0.1, 0.15) is 0 Å². The Bertz CT molecular complexity index is 734. The van der Waals surface area contributed by atoms with Gasteiger partial charge in [-0.3, -0.25) is 4.90 Å². The van der Waals surface area contributed by atoms with E-state index >= 15 is 0 Å². The predicted molar refractivity (Wildman–Crippen MR) is 126 cm³/mol. The first-order valence-corrected chi connectivity index (χ1v) is 9.57. The fourth-order valence-electron chi connectivity index (χ4n) is 3.29. The third kappa shape index (κ3) is 6.81. The highest BCUT2D eigenvalue weighted by Crippen LogP contribution is 2.18. The summed E-state index contributed by atoms with van der Waals surface area (Å²) in [6, 6.07) is 17.0. The van der Waals surface area contributed by atoms with Crippen LogP contribution in [-0.2, 0) is 13.1 Å². The van der Waals surface area contributed by atoms with Crippen molar-refractivity contribution >= 4 is 35.6 Å². The van der Waals surface area contributed by atoms with Crippen LogP contribution in [0.25, 0.3) is 0 Å². The van der Waals surface area contributed by atoms with E-state index in [4.69, 9.17) is 5.73 Å². The molecule has 0 atom stereocenters. The molecular formula is C22H31IN4. The SMILES string of the molecule is CC(C)c1cccc(NC(N)=NCc2ccc(CN3CCCC3)cc2)c1.I. The quantitative estimate of drug-likeness (QED) is 0.351. The number of benzene rings is 2. The van der Waals surface area contributed by atoms with Crippen LogP contribution in [0.1, 0.15) is 49.3 Å². The molecule has 1 aliphatic rings. The van der Waals surface area contributed by atoms with E-state index < -0.39 is 0 Å². The average Bonchev–Trinajstić information content (AvgIpc) is 3.14. The van der Waals surface area contributed by atoms with Gasteiger partial charge >= 0.3 is 0 Å². The molecular weight excluding hydrogens is 447 g/mol. The number of anilines is 1. The number of nitrogens with one attached hydrogen (secondary N) is 1. The number of hydrogen-bond donors (Lipinski definition) is 2. The van der Waals surface area contributed by atoms with Crippen molar-refractivity contribution in [1.29, 1.82) is 0 Å². The molecule has 0 aliphatic carbocycles. The molecule has 1 heterocycles. The summed E-state index contributed by atoms with van der Waals surface area (Å²) >= 11 is 0. The molecule has 1 aliphatic heterocycles. The van der Waals surface area contributed by atoms with Gasteiger partial charge < -0.3 is 11.1 Å². The third-order valence-electron chi connectivity index (χ3n) is 4.89. The molecule has 1 fully saturated rings. The van der Waals surface area contributed by atoms with Gasteiger partial charge in [-0.25, -0.2) is 4.99 Å². The van der Waals surface area contributed by atoms with Crippen molar-refractivity contribution in [3.05, 3.63) is 65.2 Å². The lowest BCUT2D eigenvalue weighted by Gasteiger charge is -2.14. The summed E-state index contributed by atoms with van der Waals surface area (Å²) < 4.78 is 0. The minimum atomic E-state index is 0. The number of likely N-dealkylation sites (tertiary alicyclic amines) is 1. The van der Waals surface area contributed by atoms with E-state index in [9.17, 15) is 0 Å². The number of hydrogen-bond acceptors (Lipinski definition) is 2. The molecule has 146 valence electrons. The van der Waals surface area contributed by atoms with E-state index in [1.54, 1.807) is 0 Å². The summed E-state index contributed by atoms with van der Waals surface area (Å²) in [5, 5.41) is 3.19. The van der Waals surface area contributed by atoms with Crippen LogP contribution in [0.4, 0.5) is 5.69 Å². The minimum absolute atomic E-state index is 0. The van der Waals surface area contributed by atoms with Crippen molar-refractivity contribution < 1.29 is 0 Å². The van der Waals surface area contributed by atoms with Gasteiger partial charge in [0.05, 0.1) is 6.54 Å². The fourth-order valence-corrected chi connectivity index (χ4v) is 3.29. The molecule has 4 nitrogen and oxygen atoms in total. The van der Waals surface area contributed by atoms with Crippen LogP contribution in [-0.4, -0.2) is 23.9 Å². The Labute approximate surface area is 180 Å². The Morgan fingerprint density at radius 1 is 1.07 bits per heavy atom. The van der Waals surface area contributed by atoms with E-state index in [1.165, 1.54) is 42.6 Å². The number of halogens is 1. The molecule has 0 unspecified atom stereocenters. The standard InChI is InChI=1S/C22H30N4.HI/c1-17(2)20-6-5-7-21(14-20)25-22(23)24-15-18-8-10-19(11-9-18)16-26-12-3-4-13-26;/h5-11,14,17H,3-4,12-13,15-16H2,1-2H3,(H3,23,24,25);1H. The molecule has 5 heteroatoms. The summed E-state index contributed by atoms with van der Waals surface area (Å²) in [5.41, 5.74) is 10.9. The van der Waals surface area contributed by atoms with Crippen LogP contribution < -0.4 is 11.1 Å². The van der Waals surface area contributed by atoms with E-state index in [0.717, 1.165) is 12.2 Å². The lowest BCUT2D eigenvalue weighted by atomic mass is 10.0. The van der Waals surface area contributed by atoms with Crippen LogP contribution in [0.3, 0.4) is 0 Å². The molecule has 27 heavy (non-hydrogen) atoms. The maximum Gasteiger partial charge on any atom is 0.193 e. The van der Waals surface area contributed by atoms with Crippen LogP contribution in [0.2, 0.25) is 0 Å². The molecule has 0 saturated carbocycles. The highest BCUT2D eigenvalue weighted by molar-refractivity contribution is 14.0. The van der Waals surface area contributed by atoms with Crippen molar-refractivity contribution in [2.24, 2.45) is 10.7 Å². The van der Waals surface area contributed by atoms with Gasteiger partial charge in [-0.15, -0.1) is 24.0 Å². The van der Waals surface area contributed by atoms with Gasteiger partial charge in [-0.2, -0.15) is 0 Å². The van der Waals surface area contributed by atoms with E-state index in [1.807, 2.05) is 12.1 Å². The normalized spacial score (nSPS) is 15.0. The molecule has 0 radical (unpaired) electrons. The van der Waals surface area contributed by atoms with Gasteiger partial charge in [-0.05, 0) is 60.7 Å². The molecule has 3 rings (SSSR count). The second-order valence-electron chi connectivity index (χ2n) is 7.41. The Morgan fingerprint density at radius 2 is 1.74 bits per heavy atom. The number of rotatable bonds is 6. The molecule has 0 bridgehead atoms. The first-order valence-electron chi connectivity index (χ1n) is 9.57. The number of nitrogens with two attached hydrogens (primary N) is 1. The Morgan fingerprint density at radius 3 is 2.41 bits per heavy atom. The summed E-state index contributed by atoms with van der Waals surface area (Å²) in [5.74, 6) is 0.945. The monoisotopic (exact) mass is 478 g/mol. The Balaban J connectivity index is 0.00000261. The molecule has 0 spiro atoms. The number of aliphatic imine (C=N–C) groups is 1. The zero-order chi connectivity index (χ0) is 18.4. The zero-order valence-corrected chi connectivity index (χ0v) is 18.6. The maximum atomic E-state index is 6.05. The molecule has 0 aromatic heterocycles. The lowest BCUT2D eigenvalue weighted by molar-refractivity contribution is 0.331. The van der Waals surface area contributed by atoms with Crippen LogP contribution in [0, 0.1) is 0 Å². The van der Waals surface area contributed by atoms with E-state index in [0.29, 0.717) is 18.4 Å². The maximum absolute atomic E-state index is 6.05. The van der Waals surface area contributed by atoms with Crippen molar-refractivity contribution in [1.82, 2.24) is 4.90 Å². The highest BCUT2D eigenvalue weighted by atomic mass is 127. The van der Waals surface area contributed by atoms with Crippen molar-refractivity contribution in [2.45, 2.75) is 45.7 Å². The van der Waals surface area contributed by atoms with Gasteiger partial charge in [0, 0.05) is 12.2 Å². The summed E-state index contributed by atoms with van der Waals surface area (Å²) in [7, 11) is 0. The largest absolute Gasteiger partial charge is 0.370 e. The summed E-state index contributed by atoms with van der Waals surface area (Å²) in [6.07, 6.45) is 2.66. The smallest absolute Gasteiger partial charge is 0.193 e. The third-order valence-corrected chi connectivity index (χ3v) is 4.89. The van der Waals surface area contributed by atoms with Crippen LogP contribution in [0.5, 0.6) is 0 Å². The van der Waals surface area contributed by atoms with E-state index in [-0.39, 0.29) is 24.0 Å². The minimum Gasteiger partial charge on any atom is -0.370 e. The fraction of sp³-hybridized carbons (Fsp3) is 0.409. The second-order valence-corrected chi connectivity index (χ2v) is 7.41. The van der Waals surface area contributed by atoms with Gasteiger partial charge in [0.25, 0.3) is 0 Å². The molecule has 0 amide bonds. The van der Waals surface area contributed by atoms with Crippen molar-refractivity contribution in [3.8, 4) is 0 Å². The Hall–Kier alpha value is -1.60. The summed E-state index contributed by atoms with van der Waals surface area (Å²) in [6.45, 7) is 8.47. The van der Waals surface area contributed by atoms with Crippen LogP contribution >= 0.6 is 24.0 Å². The van der Waals surface area contributed by atoms with Gasteiger partial charge in [0.2, 0.25) is 0 Å². The second kappa shape index (κ2) is 10.7. The summed E-state index contributed by atoms with van der Waals surface area (Å²) in [4.78, 5) is 6.98. The van der Waals surface area contributed by atoms with Crippen LogP contribution in [0.15, 0.2) is 53.5 Å².